The third-order valence-electron chi connectivity index (χ3n) is 6.50. The molecule has 32 heavy (non-hydrogen) atoms. The van der Waals surface area contributed by atoms with E-state index < -0.39 is 7.92 Å². The molecule has 0 amide bonds. The first-order valence-electron chi connectivity index (χ1n) is 11.6. The molecule has 0 saturated carbocycles. The average Bonchev–Trinajstić information content (AvgIpc) is 3.22. The van der Waals surface area contributed by atoms with E-state index in [9.17, 15) is 0 Å². The highest BCUT2D eigenvalue weighted by molar-refractivity contribution is 7.73. The molecule has 1 aromatic heterocycles. The van der Waals surface area contributed by atoms with Crippen LogP contribution in [0.3, 0.4) is 0 Å². The Bertz CT molecular complexity index is 1150. The zero-order chi connectivity index (χ0) is 22.1. The number of aryl methyl sites for hydroxylation is 4. The van der Waals surface area contributed by atoms with Gasteiger partial charge in [-0.25, -0.2) is 4.98 Å². The number of benzene rings is 3. The summed E-state index contributed by atoms with van der Waals surface area (Å²) in [5, 5.41) is 4.17. The van der Waals surface area contributed by atoms with Crippen molar-refractivity contribution >= 4 is 29.9 Å². The van der Waals surface area contributed by atoms with Crippen LogP contribution >= 0.6 is 19.3 Å². The van der Waals surface area contributed by atoms with E-state index in [1.807, 2.05) is 11.3 Å². The Balaban J connectivity index is 1.52. The van der Waals surface area contributed by atoms with Crippen molar-refractivity contribution in [2.75, 3.05) is 6.16 Å². The van der Waals surface area contributed by atoms with E-state index in [1.54, 1.807) is 0 Å². The zero-order valence-corrected chi connectivity index (χ0v) is 20.8. The Morgan fingerprint density at radius 1 is 0.875 bits per heavy atom. The first-order valence-corrected chi connectivity index (χ1v) is 13.9. The third-order valence-corrected chi connectivity index (χ3v) is 10.3. The first-order chi connectivity index (χ1) is 15.6. The molecule has 0 N–H and O–H groups in total. The van der Waals surface area contributed by atoms with Crippen LogP contribution in [0, 0.1) is 20.8 Å². The maximum absolute atomic E-state index is 5.32. The van der Waals surface area contributed by atoms with Gasteiger partial charge < -0.3 is 0 Å². The molecule has 0 unspecified atom stereocenters. The summed E-state index contributed by atoms with van der Waals surface area (Å²) in [7, 11) is -0.395. The van der Waals surface area contributed by atoms with Gasteiger partial charge >= 0.3 is 0 Å². The van der Waals surface area contributed by atoms with Crippen LogP contribution in [-0.2, 0) is 6.42 Å². The van der Waals surface area contributed by atoms with Crippen LogP contribution in [0.15, 0.2) is 72.8 Å². The summed E-state index contributed by atoms with van der Waals surface area (Å²) in [6.07, 6.45) is 4.89. The Labute approximate surface area is 197 Å². The highest BCUT2D eigenvalue weighted by Crippen LogP contribution is 2.46. The van der Waals surface area contributed by atoms with Crippen LogP contribution in [0.4, 0.5) is 0 Å². The smallest absolute Gasteiger partial charge is 0.124 e. The molecule has 0 fully saturated rings. The highest BCUT2D eigenvalue weighted by atomic mass is 32.1. The fraction of sp³-hybridized carbons (Fsp3) is 0.276. The molecule has 162 valence electrons. The fourth-order valence-electron chi connectivity index (χ4n) is 5.11. The molecule has 1 atom stereocenters. The van der Waals surface area contributed by atoms with Crippen LogP contribution < -0.4 is 10.6 Å². The number of rotatable bonds is 5. The Hall–Kier alpha value is -2.28. The zero-order valence-electron chi connectivity index (χ0n) is 19.1. The minimum absolute atomic E-state index is 0.395. The maximum Gasteiger partial charge on any atom is 0.124 e. The monoisotopic (exact) mass is 455 g/mol. The molecule has 1 aliphatic rings. The minimum atomic E-state index is -0.395. The molecule has 4 aromatic rings. The summed E-state index contributed by atoms with van der Waals surface area (Å²) in [5.41, 5.74) is 6.76. The number of hydrogen-bond acceptors (Lipinski definition) is 2. The summed E-state index contributed by atoms with van der Waals surface area (Å²) in [4.78, 5) is 6.84. The van der Waals surface area contributed by atoms with E-state index >= 15 is 0 Å². The van der Waals surface area contributed by atoms with Gasteiger partial charge in [0.15, 0.2) is 0 Å². The maximum atomic E-state index is 5.32. The van der Waals surface area contributed by atoms with Crippen LogP contribution in [0.1, 0.15) is 46.0 Å². The number of thiazole rings is 1. The van der Waals surface area contributed by atoms with Crippen LogP contribution in [0.5, 0.6) is 0 Å². The second-order valence-electron chi connectivity index (χ2n) is 8.97. The second kappa shape index (κ2) is 9.30. The Morgan fingerprint density at radius 3 is 2.06 bits per heavy atom. The van der Waals surface area contributed by atoms with Gasteiger partial charge in [-0.05, 0) is 75.9 Å². The standard InChI is InChI=1S/C29H30NPS/c1-20-17-21(2)27(22(3)18-20)29-30-28-23(11-10-16-26(28)32-29)19-31(24-12-6-4-7-13-24)25-14-8-5-9-15-25/h4-9,12-15,17-18,23H,10-11,16,19H2,1-3H3/t23-/m1/s1. The van der Waals surface area contributed by atoms with Crippen molar-refractivity contribution in [3.63, 3.8) is 0 Å². The average molecular weight is 456 g/mol. The Kier molecular flexibility index (Phi) is 6.26. The lowest BCUT2D eigenvalue weighted by molar-refractivity contribution is 0.589. The van der Waals surface area contributed by atoms with Crippen molar-refractivity contribution < 1.29 is 0 Å². The second-order valence-corrected chi connectivity index (χ2v) is 12.3. The molecule has 0 aliphatic heterocycles. The number of fused-ring (bicyclic) bond motifs is 1. The van der Waals surface area contributed by atoms with Gasteiger partial charge in [0.25, 0.3) is 0 Å². The van der Waals surface area contributed by atoms with Gasteiger partial charge in [0.1, 0.15) is 5.01 Å². The quantitative estimate of drug-likeness (QED) is 0.288. The first kappa shape index (κ1) is 21.6. The van der Waals surface area contributed by atoms with E-state index in [1.165, 1.54) is 73.9 Å². The van der Waals surface area contributed by atoms with E-state index in [4.69, 9.17) is 4.98 Å². The molecular weight excluding hydrogens is 425 g/mol. The van der Waals surface area contributed by atoms with Crippen LogP contribution in [0.25, 0.3) is 10.6 Å². The van der Waals surface area contributed by atoms with Crippen LogP contribution in [0.2, 0.25) is 0 Å². The number of hydrogen-bond donors (Lipinski definition) is 0. The molecule has 1 nitrogen and oxygen atoms in total. The molecule has 3 heteroatoms. The van der Waals surface area contributed by atoms with Crippen molar-refractivity contribution in [2.45, 2.75) is 46.0 Å². The summed E-state index contributed by atoms with van der Waals surface area (Å²) in [6, 6.07) is 26.8. The lowest BCUT2D eigenvalue weighted by Gasteiger charge is -2.27. The molecule has 0 bridgehead atoms. The molecule has 3 aromatic carbocycles. The molecule has 1 heterocycles. The summed E-state index contributed by atoms with van der Waals surface area (Å²) < 4.78 is 0. The van der Waals surface area contributed by atoms with Crippen molar-refractivity contribution in [3.05, 3.63) is 100 Å². The van der Waals surface area contributed by atoms with Gasteiger partial charge in [0.05, 0.1) is 5.69 Å². The van der Waals surface area contributed by atoms with Gasteiger partial charge in [-0.3, -0.25) is 0 Å². The summed E-state index contributed by atoms with van der Waals surface area (Å²) in [5.74, 6) is 0.543. The molecule has 0 radical (unpaired) electrons. The highest BCUT2D eigenvalue weighted by Gasteiger charge is 2.29. The molecular formula is C29H30NPS. The summed E-state index contributed by atoms with van der Waals surface area (Å²) in [6.45, 7) is 6.65. The van der Waals surface area contributed by atoms with E-state index in [-0.39, 0.29) is 0 Å². The number of aromatic nitrogens is 1. The molecule has 0 spiro atoms. The van der Waals surface area contributed by atoms with Gasteiger partial charge in [-0.1, -0.05) is 78.4 Å². The predicted molar refractivity (Wildman–Crippen MR) is 141 cm³/mol. The fourth-order valence-corrected chi connectivity index (χ4v) is 9.05. The normalized spacial score (nSPS) is 15.7. The van der Waals surface area contributed by atoms with Crippen molar-refractivity contribution in [2.24, 2.45) is 0 Å². The van der Waals surface area contributed by atoms with E-state index in [0.29, 0.717) is 5.92 Å². The SMILES string of the molecule is Cc1cc(C)c(-c2nc3c(s2)CCC[C@@H]3CP(c2ccccc2)c2ccccc2)c(C)c1. The van der Waals surface area contributed by atoms with Gasteiger partial charge in [0.2, 0.25) is 0 Å². The molecule has 1 aliphatic carbocycles. The predicted octanol–water partition coefficient (Wildman–Crippen LogP) is 7.29. The topological polar surface area (TPSA) is 12.9 Å². The van der Waals surface area contributed by atoms with Gasteiger partial charge in [-0.2, -0.15) is 0 Å². The van der Waals surface area contributed by atoms with E-state index in [2.05, 4.69) is 93.6 Å². The number of nitrogens with zero attached hydrogens (tertiary/aromatic N) is 1. The summed E-state index contributed by atoms with van der Waals surface area (Å²) >= 11 is 1.94. The van der Waals surface area contributed by atoms with Gasteiger partial charge in [-0.15, -0.1) is 11.3 Å². The van der Waals surface area contributed by atoms with Gasteiger partial charge in [0, 0.05) is 16.4 Å². The van der Waals surface area contributed by atoms with Crippen molar-refractivity contribution in [1.82, 2.24) is 4.98 Å². The third kappa shape index (κ3) is 4.32. The van der Waals surface area contributed by atoms with E-state index in [0.717, 1.165) is 0 Å². The molecule has 0 saturated heterocycles. The lowest BCUT2D eigenvalue weighted by Crippen LogP contribution is -2.20. The van der Waals surface area contributed by atoms with Crippen LogP contribution in [-0.4, -0.2) is 11.1 Å². The van der Waals surface area contributed by atoms with Crippen molar-refractivity contribution in [1.29, 1.82) is 0 Å². The largest absolute Gasteiger partial charge is 0.240 e. The minimum Gasteiger partial charge on any atom is -0.240 e. The molecule has 5 rings (SSSR count). The van der Waals surface area contributed by atoms with Crippen molar-refractivity contribution in [3.8, 4) is 10.6 Å². The lowest BCUT2D eigenvalue weighted by atomic mass is 9.92. The Morgan fingerprint density at radius 2 is 1.47 bits per heavy atom.